The van der Waals surface area contributed by atoms with Crippen molar-refractivity contribution in [2.45, 2.75) is 39.7 Å². The molecule has 2 N–H and O–H groups in total. The first-order valence-corrected chi connectivity index (χ1v) is 7.54. The molecule has 0 spiro atoms. The summed E-state index contributed by atoms with van der Waals surface area (Å²) in [6, 6.07) is -0.734. The summed E-state index contributed by atoms with van der Waals surface area (Å²) in [5.41, 5.74) is -1.76. The van der Waals surface area contributed by atoms with E-state index >= 15 is 0 Å². The highest BCUT2D eigenvalue weighted by Gasteiger charge is 2.56. The average Bonchev–Trinajstić information content (AvgIpc) is 2.44. The van der Waals surface area contributed by atoms with Crippen molar-refractivity contribution in [2.24, 2.45) is 23.2 Å². The Hall–Kier alpha value is -1.92. The van der Waals surface area contributed by atoms with Crippen LogP contribution < -0.4 is 16.6 Å². The van der Waals surface area contributed by atoms with Crippen molar-refractivity contribution < 1.29 is 9.18 Å². The molecule has 1 heterocycles. The van der Waals surface area contributed by atoms with Crippen molar-refractivity contribution in [1.82, 2.24) is 14.9 Å². The van der Waals surface area contributed by atoms with Crippen LogP contribution in [0.1, 0.15) is 33.6 Å². The molecule has 3 aliphatic carbocycles. The van der Waals surface area contributed by atoms with Crippen molar-refractivity contribution in [3.8, 4) is 0 Å². The van der Waals surface area contributed by atoms with Crippen LogP contribution in [0, 0.1) is 29.0 Å². The lowest BCUT2D eigenvalue weighted by Gasteiger charge is -2.62. The molecule has 3 aliphatic rings. The molecule has 0 aliphatic heterocycles. The lowest BCUT2D eigenvalue weighted by Crippen LogP contribution is -2.61. The van der Waals surface area contributed by atoms with E-state index in [0.29, 0.717) is 33.9 Å². The van der Waals surface area contributed by atoms with Gasteiger partial charge in [-0.3, -0.25) is 9.78 Å². The number of amides is 1. The third-order valence-electron chi connectivity index (χ3n) is 5.78. The topological polar surface area (TPSA) is 84.0 Å². The van der Waals surface area contributed by atoms with Gasteiger partial charge in [0.2, 0.25) is 5.82 Å². The summed E-state index contributed by atoms with van der Waals surface area (Å²) in [6.07, 6.45) is 2.67. The van der Waals surface area contributed by atoms with Crippen LogP contribution in [0.5, 0.6) is 0 Å². The van der Waals surface area contributed by atoms with Crippen LogP contribution in [0.4, 0.5) is 9.18 Å². The van der Waals surface area contributed by atoms with E-state index in [-0.39, 0.29) is 6.04 Å². The number of halogens is 1. The third-order valence-corrected chi connectivity index (χ3v) is 5.78. The molecule has 120 valence electrons. The minimum Gasteiger partial charge on any atom is -0.334 e. The van der Waals surface area contributed by atoms with Gasteiger partial charge in [0.1, 0.15) is 0 Å². The Morgan fingerprint density at radius 1 is 1.41 bits per heavy atom. The van der Waals surface area contributed by atoms with Gasteiger partial charge in [0.05, 0.1) is 6.20 Å². The molecule has 4 unspecified atom stereocenters. The third kappa shape index (κ3) is 2.10. The van der Waals surface area contributed by atoms with Crippen LogP contribution in [-0.4, -0.2) is 21.6 Å². The summed E-state index contributed by atoms with van der Waals surface area (Å²) in [5.74, 6) is 0.242. The summed E-state index contributed by atoms with van der Waals surface area (Å²) in [6.45, 7) is 6.60. The number of hydrogen-bond donors (Lipinski definition) is 2. The number of carbonyl (C=O) groups excluding carboxylic acids is 1. The molecule has 7 heteroatoms. The van der Waals surface area contributed by atoms with Gasteiger partial charge in [-0.2, -0.15) is 4.39 Å². The lowest BCUT2D eigenvalue weighted by atomic mass is 9.45. The van der Waals surface area contributed by atoms with Crippen LogP contribution in [0.3, 0.4) is 0 Å². The van der Waals surface area contributed by atoms with Gasteiger partial charge in [-0.25, -0.2) is 14.2 Å². The van der Waals surface area contributed by atoms with E-state index in [1.807, 2.05) is 0 Å². The Morgan fingerprint density at radius 3 is 2.68 bits per heavy atom. The van der Waals surface area contributed by atoms with Gasteiger partial charge in [0.25, 0.3) is 5.56 Å². The highest BCUT2D eigenvalue weighted by Crippen LogP contribution is 2.61. The molecule has 22 heavy (non-hydrogen) atoms. The van der Waals surface area contributed by atoms with Crippen LogP contribution in [0.15, 0.2) is 15.8 Å². The van der Waals surface area contributed by atoms with Gasteiger partial charge in [-0.1, -0.05) is 20.8 Å². The first kappa shape index (κ1) is 15.0. The van der Waals surface area contributed by atoms with Gasteiger partial charge >= 0.3 is 11.7 Å². The molecule has 0 aromatic carbocycles. The SMILES string of the molecule is CC1C(NC(=O)n2cc(F)c(=O)[nH]c2=O)CC2CC1C2(C)C. The van der Waals surface area contributed by atoms with Crippen LogP contribution >= 0.6 is 0 Å². The Labute approximate surface area is 126 Å². The fourth-order valence-corrected chi connectivity index (χ4v) is 4.17. The number of aromatic amines is 1. The van der Waals surface area contributed by atoms with E-state index in [9.17, 15) is 18.8 Å². The Kier molecular flexibility index (Phi) is 3.27. The molecule has 4 rings (SSSR count). The van der Waals surface area contributed by atoms with Crippen molar-refractivity contribution in [3.05, 3.63) is 32.9 Å². The van der Waals surface area contributed by atoms with Crippen molar-refractivity contribution in [2.75, 3.05) is 0 Å². The number of carbonyl (C=O) groups is 1. The van der Waals surface area contributed by atoms with E-state index in [2.05, 4.69) is 26.1 Å². The molecule has 6 nitrogen and oxygen atoms in total. The zero-order valence-corrected chi connectivity index (χ0v) is 12.9. The molecule has 1 amide bonds. The lowest BCUT2D eigenvalue weighted by molar-refractivity contribution is -0.112. The monoisotopic (exact) mass is 309 g/mol. The highest BCUT2D eigenvalue weighted by atomic mass is 19.1. The molecule has 3 fully saturated rings. The van der Waals surface area contributed by atoms with Crippen molar-refractivity contribution in [3.63, 3.8) is 0 Å². The van der Waals surface area contributed by atoms with Gasteiger partial charge < -0.3 is 5.32 Å². The normalized spacial score (nSPS) is 32.2. The fourth-order valence-electron chi connectivity index (χ4n) is 4.17. The van der Waals surface area contributed by atoms with E-state index < -0.39 is 23.1 Å². The quantitative estimate of drug-likeness (QED) is 0.820. The second-order valence-electron chi connectivity index (χ2n) is 7.12. The predicted octanol–water partition coefficient (Wildman–Crippen LogP) is 1.30. The summed E-state index contributed by atoms with van der Waals surface area (Å²) in [7, 11) is 0. The standard InChI is InChI=1S/C15H20FN3O3/c1-7-9-4-8(15(9,2)3)5-11(7)17-13(21)19-6-10(16)12(20)18-14(19)22/h6-9,11H,4-5H2,1-3H3,(H,17,21)(H,18,20,22). The minimum atomic E-state index is -1.16. The highest BCUT2D eigenvalue weighted by molar-refractivity contribution is 5.76. The molecule has 4 atom stereocenters. The van der Waals surface area contributed by atoms with Crippen molar-refractivity contribution in [1.29, 1.82) is 0 Å². The molecule has 0 saturated heterocycles. The maximum absolute atomic E-state index is 13.3. The van der Waals surface area contributed by atoms with Crippen molar-refractivity contribution >= 4 is 6.03 Å². The first-order chi connectivity index (χ1) is 10.2. The molecule has 1 aromatic heterocycles. The smallest absolute Gasteiger partial charge is 0.334 e. The van der Waals surface area contributed by atoms with E-state index in [0.717, 1.165) is 6.42 Å². The number of nitrogens with one attached hydrogen (secondary N) is 2. The summed E-state index contributed by atoms with van der Waals surface area (Å²) in [4.78, 5) is 36.6. The Bertz CT molecular complexity index is 736. The number of hydrogen-bond acceptors (Lipinski definition) is 3. The maximum atomic E-state index is 13.3. The zero-order chi connectivity index (χ0) is 16.2. The second-order valence-corrected chi connectivity index (χ2v) is 7.12. The Balaban J connectivity index is 1.78. The molecular weight excluding hydrogens is 289 g/mol. The molecular formula is C15H20FN3O3. The minimum absolute atomic E-state index is 0.0360. The maximum Gasteiger partial charge on any atom is 0.336 e. The van der Waals surface area contributed by atoms with Gasteiger partial charge in [0, 0.05) is 6.04 Å². The van der Waals surface area contributed by atoms with Gasteiger partial charge in [-0.15, -0.1) is 0 Å². The largest absolute Gasteiger partial charge is 0.336 e. The fraction of sp³-hybridized carbons (Fsp3) is 0.667. The van der Waals surface area contributed by atoms with E-state index in [1.165, 1.54) is 6.42 Å². The molecule has 0 radical (unpaired) electrons. The molecule has 2 bridgehead atoms. The van der Waals surface area contributed by atoms with E-state index in [4.69, 9.17) is 0 Å². The number of nitrogens with zero attached hydrogens (tertiary/aromatic N) is 1. The number of aromatic nitrogens is 2. The summed E-state index contributed by atoms with van der Waals surface area (Å²) >= 11 is 0. The number of fused-ring (bicyclic) bond motifs is 2. The average molecular weight is 309 g/mol. The van der Waals surface area contributed by atoms with E-state index in [1.54, 1.807) is 4.98 Å². The Morgan fingerprint density at radius 2 is 2.09 bits per heavy atom. The summed E-state index contributed by atoms with van der Waals surface area (Å²) < 4.78 is 13.8. The number of H-pyrrole nitrogens is 1. The van der Waals surface area contributed by atoms with Gasteiger partial charge in [-0.05, 0) is 36.0 Å². The van der Waals surface area contributed by atoms with Crippen LogP contribution in [0.25, 0.3) is 0 Å². The first-order valence-electron chi connectivity index (χ1n) is 7.54. The zero-order valence-electron chi connectivity index (χ0n) is 12.9. The molecule has 3 saturated carbocycles. The van der Waals surface area contributed by atoms with Crippen LogP contribution in [-0.2, 0) is 0 Å². The summed E-state index contributed by atoms with van der Waals surface area (Å²) in [5, 5.41) is 2.81. The second kappa shape index (κ2) is 4.79. The molecule has 1 aromatic rings. The van der Waals surface area contributed by atoms with Gasteiger partial charge in [0.15, 0.2) is 0 Å². The van der Waals surface area contributed by atoms with Crippen LogP contribution in [0.2, 0.25) is 0 Å². The predicted molar refractivity (Wildman–Crippen MR) is 78.2 cm³/mol. The number of rotatable bonds is 1.